The Bertz CT molecular complexity index is 1160. The predicted molar refractivity (Wildman–Crippen MR) is 118 cm³/mol. The summed E-state index contributed by atoms with van der Waals surface area (Å²) < 4.78 is 64.5. The van der Waals surface area contributed by atoms with Gasteiger partial charge in [-0.15, -0.1) is 0 Å². The van der Waals surface area contributed by atoms with Gasteiger partial charge in [-0.2, -0.15) is 22.7 Å². The van der Waals surface area contributed by atoms with Crippen molar-refractivity contribution in [3.63, 3.8) is 0 Å². The van der Waals surface area contributed by atoms with E-state index >= 15 is 0 Å². The largest absolute Gasteiger partial charge is 0.417 e. The van der Waals surface area contributed by atoms with Crippen LogP contribution in [0.25, 0.3) is 0 Å². The Morgan fingerprint density at radius 3 is 2.26 bits per heavy atom. The molecule has 184 valence electrons. The molecule has 0 unspecified atom stereocenters. The second-order valence-electron chi connectivity index (χ2n) is 8.35. The highest BCUT2D eigenvalue weighted by Crippen LogP contribution is 2.36. The highest BCUT2D eigenvalue weighted by molar-refractivity contribution is 7.88. The van der Waals surface area contributed by atoms with Gasteiger partial charge in [0.25, 0.3) is 11.8 Å². The van der Waals surface area contributed by atoms with E-state index in [0.717, 1.165) is 17.0 Å². The number of hydrogen-bond acceptors (Lipinski definition) is 6. The monoisotopic (exact) mass is 498 g/mol. The summed E-state index contributed by atoms with van der Waals surface area (Å²) in [6.07, 6.45) is -2.01. The van der Waals surface area contributed by atoms with Crippen molar-refractivity contribution < 1.29 is 31.2 Å². The average Bonchev–Trinajstić information content (AvgIpc) is 2.98. The third-order valence-electron chi connectivity index (χ3n) is 6.08. The molecule has 1 aromatic rings. The standard InChI is InChI=1S/C22H25F3N4O4S/c1-15-18(5-3-4-8-27-9-11-28(12-10-27)34(2,32)33)21(31)29(20(15)30)17-7-6-16(14-26)19(13-17)22(23,24)25/h6-7,13H,3-5,8-12H2,1-2H3. The van der Waals surface area contributed by atoms with Gasteiger partial charge in [0.2, 0.25) is 10.0 Å². The molecule has 0 aromatic heterocycles. The maximum absolute atomic E-state index is 13.3. The fraction of sp³-hybridized carbons (Fsp3) is 0.500. The molecule has 34 heavy (non-hydrogen) atoms. The topological polar surface area (TPSA) is 102 Å². The normalized spacial score (nSPS) is 18.6. The number of piperazine rings is 1. The number of hydrogen-bond donors (Lipinski definition) is 0. The first-order valence-corrected chi connectivity index (χ1v) is 12.6. The lowest BCUT2D eigenvalue weighted by Crippen LogP contribution is -2.48. The summed E-state index contributed by atoms with van der Waals surface area (Å²) in [6, 6.07) is 4.25. The molecule has 0 bridgehead atoms. The van der Waals surface area contributed by atoms with Crippen molar-refractivity contribution in [2.75, 3.05) is 43.9 Å². The third kappa shape index (κ3) is 5.48. The molecule has 0 radical (unpaired) electrons. The Balaban J connectivity index is 1.60. The molecule has 1 aromatic carbocycles. The summed E-state index contributed by atoms with van der Waals surface area (Å²) in [4.78, 5) is 28.4. The van der Waals surface area contributed by atoms with Crippen molar-refractivity contribution in [2.24, 2.45) is 0 Å². The number of nitriles is 1. The van der Waals surface area contributed by atoms with Gasteiger partial charge in [-0.05, 0) is 50.9 Å². The number of imide groups is 1. The lowest BCUT2D eigenvalue weighted by molar-refractivity contribution is -0.138. The van der Waals surface area contributed by atoms with Crippen LogP contribution in [0.4, 0.5) is 18.9 Å². The number of amides is 2. The summed E-state index contributed by atoms with van der Waals surface area (Å²) in [7, 11) is -3.20. The minimum Gasteiger partial charge on any atom is -0.301 e. The molecule has 12 heteroatoms. The lowest BCUT2D eigenvalue weighted by Gasteiger charge is -2.33. The number of alkyl halides is 3. The number of carbonyl (C=O) groups is 2. The van der Waals surface area contributed by atoms with Crippen LogP contribution in [0.15, 0.2) is 29.3 Å². The minimum absolute atomic E-state index is 0.199. The molecule has 0 N–H and O–H groups in total. The maximum Gasteiger partial charge on any atom is 0.417 e. The van der Waals surface area contributed by atoms with Crippen molar-refractivity contribution in [2.45, 2.75) is 32.4 Å². The number of unbranched alkanes of at least 4 members (excludes halogenated alkanes) is 1. The van der Waals surface area contributed by atoms with Gasteiger partial charge in [0.05, 0.1) is 29.1 Å². The van der Waals surface area contributed by atoms with E-state index in [1.165, 1.54) is 23.6 Å². The van der Waals surface area contributed by atoms with Crippen molar-refractivity contribution in [1.29, 1.82) is 5.26 Å². The molecule has 2 heterocycles. The molecule has 1 saturated heterocycles. The molecule has 2 aliphatic rings. The first kappa shape index (κ1) is 25.9. The zero-order chi connectivity index (χ0) is 25.3. The summed E-state index contributed by atoms with van der Waals surface area (Å²) in [5, 5.41) is 8.95. The van der Waals surface area contributed by atoms with Crippen LogP contribution in [-0.2, 0) is 25.8 Å². The van der Waals surface area contributed by atoms with E-state index in [9.17, 15) is 31.2 Å². The van der Waals surface area contributed by atoms with Crippen LogP contribution in [0.2, 0.25) is 0 Å². The van der Waals surface area contributed by atoms with Gasteiger partial charge in [0, 0.05) is 37.3 Å². The van der Waals surface area contributed by atoms with Gasteiger partial charge in [0.15, 0.2) is 0 Å². The average molecular weight is 499 g/mol. The smallest absolute Gasteiger partial charge is 0.301 e. The zero-order valence-corrected chi connectivity index (χ0v) is 19.7. The Kier molecular flexibility index (Phi) is 7.50. The first-order chi connectivity index (χ1) is 15.8. The Hall–Kier alpha value is -2.75. The lowest BCUT2D eigenvalue weighted by atomic mass is 10.0. The quantitative estimate of drug-likeness (QED) is 0.423. The molecule has 0 atom stereocenters. The van der Waals surface area contributed by atoms with Gasteiger partial charge in [-0.1, -0.05) is 0 Å². The van der Waals surface area contributed by atoms with Gasteiger partial charge < -0.3 is 4.90 Å². The van der Waals surface area contributed by atoms with E-state index in [-0.39, 0.29) is 16.8 Å². The van der Waals surface area contributed by atoms with Crippen LogP contribution in [-0.4, -0.2) is 68.4 Å². The van der Waals surface area contributed by atoms with Gasteiger partial charge in [0.1, 0.15) is 0 Å². The molecule has 3 rings (SSSR count). The number of benzene rings is 1. The molecule has 0 spiro atoms. The number of carbonyl (C=O) groups excluding carboxylic acids is 2. The summed E-state index contributed by atoms with van der Waals surface area (Å²) in [5.41, 5.74) is -1.54. The van der Waals surface area contributed by atoms with E-state index in [0.29, 0.717) is 58.1 Å². The van der Waals surface area contributed by atoms with Crippen LogP contribution in [0.1, 0.15) is 37.3 Å². The first-order valence-electron chi connectivity index (χ1n) is 10.7. The van der Waals surface area contributed by atoms with Crippen molar-refractivity contribution >= 4 is 27.5 Å². The Morgan fingerprint density at radius 1 is 1.06 bits per heavy atom. The molecule has 2 amide bonds. The number of nitrogens with zero attached hydrogens (tertiary/aromatic N) is 4. The van der Waals surface area contributed by atoms with Crippen LogP contribution >= 0.6 is 0 Å². The number of sulfonamides is 1. The number of anilines is 1. The molecule has 8 nitrogen and oxygen atoms in total. The molecule has 0 saturated carbocycles. The zero-order valence-electron chi connectivity index (χ0n) is 18.9. The predicted octanol–water partition coefficient (Wildman–Crippen LogP) is 2.51. The Morgan fingerprint density at radius 2 is 1.71 bits per heavy atom. The van der Waals surface area contributed by atoms with E-state index in [1.54, 1.807) is 0 Å². The van der Waals surface area contributed by atoms with Crippen molar-refractivity contribution in [3.8, 4) is 6.07 Å². The molecule has 0 aliphatic carbocycles. The van der Waals surface area contributed by atoms with Crippen molar-refractivity contribution in [3.05, 3.63) is 40.5 Å². The summed E-state index contributed by atoms with van der Waals surface area (Å²) in [5.74, 6) is -1.32. The molecule has 2 aliphatic heterocycles. The van der Waals surface area contributed by atoms with Crippen LogP contribution in [0, 0.1) is 11.3 Å². The Labute approximate surface area is 196 Å². The maximum atomic E-state index is 13.3. The number of halogens is 3. The van der Waals surface area contributed by atoms with E-state index in [2.05, 4.69) is 4.90 Å². The highest BCUT2D eigenvalue weighted by atomic mass is 32.2. The molecular weight excluding hydrogens is 473 g/mol. The van der Waals surface area contributed by atoms with Crippen molar-refractivity contribution in [1.82, 2.24) is 9.21 Å². The minimum atomic E-state index is -4.80. The fourth-order valence-corrected chi connectivity index (χ4v) is 4.97. The number of rotatable bonds is 7. The molecular formula is C22H25F3N4O4S. The summed E-state index contributed by atoms with van der Waals surface area (Å²) >= 11 is 0. The third-order valence-corrected chi connectivity index (χ3v) is 7.38. The van der Waals surface area contributed by atoms with Gasteiger partial charge >= 0.3 is 6.18 Å². The van der Waals surface area contributed by atoms with Gasteiger partial charge in [-0.25, -0.2) is 13.3 Å². The fourth-order valence-electron chi connectivity index (χ4n) is 4.14. The van der Waals surface area contributed by atoms with Gasteiger partial charge in [-0.3, -0.25) is 9.59 Å². The van der Waals surface area contributed by atoms with Crippen LogP contribution in [0.3, 0.4) is 0 Å². The second-order valence-corrected chi connectivity index (χ2v) is 10.3. The SMILES string of the molecule is CC1=C(CCCCN2CCN(S(C)(=O)=O)CC2)C(=O)N(c2ccc(C#N)c(C(F)(F)F)c2)C1=O. The second kappa shape index (κ2) is 9.85. The van der Waals surface area contributed by atoms with E-state index in [4.69, 9.17) is 5.26 Å². The summed E-state index contributed by atoms with van der Waals surface area (Å²) in [6.45, 7) is 4.26. The highest BCUT2D eigenvalue weighted by Gasteiger charge is 2.39. The van der Waals surface area contributed by atoms with Crippen LogP contribution in [0.5, 0.6) is 0 Å². The van der Waals surface area contributed by atoms with E-state index < -0.39 is 39.1 Å². The van der Waals surface area contributed by atoms with E-state index in [1.807, 2.05) is 0 Å². The molecule has 1 fully saturated rings. The van der Waals surface area contributed by atoms with Crippen LogP contribution < -0.4 is 4.90 Å².